The van der Waals surface area contributed by atoms with Gasteiger partial charge in [-0.2, -0.15) is 0 Å². The predicted molar refractivity (Wildman–Crippen MR) is 36.5 cm³/mol. The maximum Gasteiger partial charge on any atom is 0.131 e. The molecule has 0 aromatic heterocycles. The highest BCUT2D eigenvalue weighted by molar-refractivity contribution is 5.85. The standard InChI is InChI=1S/C5H11NO.ClH/c1-5(7)3-4-6-2;/h6H,3-4H2,1-2H3;1H. The third-order valence-electron chi connectivity index (χ3n) is 0.727. The van der Waals surface area contributed by atoms with Gasteiger partial charge in [-0.25, -0.2) is 0 Å². The number of nitrogens with one attached hydrogen (secondary N) is 1. The molecule has 3 heteroatoms. The summed E-state index contributed by atoms with van der Waals surface area (Å²) in [4.78, 5) is 10.2. The first kappa shape index (κ1) is 10.8. The van der Waals surface area contributed by atoms with E-state index in [1.165, 1.54) is 0 Å². The van der Waals surface area contributed by atoms with Gasteiger partial charge in [-0.15, -0.1) is 12.4 Å². The highest BCUT2D eigenvalue weighted by atomic mass is 35.5. The van der Waals surface area contributed by atoms with Crippen molar-refractivity contribution in [3.8, 4) is 0 Å². The Labute approximate surface area is 56.1 Å². The number of rotatable bonds is 3. The molecule has 0 aromatic carbocycles. The fourth-order valence-electron chi connectivity index (χ4n) is 0.301. The Morgan fingerprint density at radius 3 is 2.25 bits per heavy atom. The Morgan fingerprint density at radius 1 is 1.62 bits per heavy atom. The highest BCUT2D eigenvalue weighted by Gasteiger charge is 1.86. The van der Waals surface area contributed by atoms with Gasteiger partial charge in [-0.3, -0.25) is 4.79 Å². The van der Waals surface area contributed by atoms with Crippen LogP contribution >= 0.6 is 12.4 Å². The lowest BCUT2D eigenvalue weighted by molar-refractivity contribution is -0.116. The molecule has 0 atom stereocenters. The van der Waals surface area contributed by atoms with Crippen LogP contribution in [0.4, 0.5) is 0 Å². The van der Waals surface area contributed by atoms with Crippen molar-refractivity contribution < 1.29 is 4.79 Å². The molecule has 0 saturated carbocycles. The molecule has 0 spiro atoms. The molecule has 1 N–H and O–H groups in total. The molecule has 0 aliphatic heterocycles. The SMILES string of the molecule is CNCCC(C)=O.Cl. The minimum atomic E-state index is 0. The van der Waals surface area contributed by atoms with Crippen LogP contribution in [0.1, 0.15) is 13.3 Å². The second-order valence-electron chi connectivity index (χ2n) is 1.56. The molecule has 0 fully saturated rings. The quantitative estimate of drug-likeness (QED) is 0.618. The Bertz CT molecular complexity index is 65.4. The average Bonchev–Trinajstić information content (AvgIpc) is 1.61. The molecular formula is C5H12ClNO. The summed E-state index contributed by atoms with van der Waals surface area (Å²) < 4.78 is 0. The zero-order valence-corrected chi connectivity index (χ0v) is 6.05. The van der Waals surface area contributed by atoms with Crippen molar-refractivity contribution in [2.45, 2.75) is 13.3 Å². The molecular weight excluding hydrogens is 126 g/mol. The van der Waals surface area contributed by atoms with Gasteiger partial charge in [0, 0.05) is 13.0 Å². The van der Waals surface area contributed by atoms with Crippen LogP contribution in [0.25, 0.3) is 0 Å². The summed E-state index contributed by atoms with van der Waals surface area (Å²) in [5.41, 5.74) is 0. The molecule has 0 aromatic rings. The summed E-state index contributed by atoms with van der Waals surface area (Å²) in [7, 11) is 1.84. The van der Waals surface area contributed by atoms with E-state index in [1.54, 1.807) is 6.92 Å². The van der Waals surface area contributed by atoms with Crippen molar-refractivity contribution in [2.24, 2.45) is 0 Å². The fraction of sp³-hybridized carbons (Fsp3) is 0.800. The fourth-order valence-corrected chi connectivity index (χ4v) is 0.301. The second-order valence-corrected chi connectivity index (χ2v) is 1.56. The lowest BCUT2D eigenvalue weighted by Gasteiger charge is -1.89. The van der Waals surface area contributed by atoms with Gasteiger partial charge < -0.3 is 5.32 Å². The summed E-state index contributed by atoms with van der Waals surface area (Å²) in [5.74, 6) is 0.245. The number of hydrogen-bond acceptors (Lipinski definition) is 2. The molecule has 50 valence electrons. The van der Waals surface area contributed by atoms with Crippen LogP contribution in [-0.4, -0.2) is 19.4 Å². The van der Waals surface area contributed by atoms with Crippen LogP contribution in [0, 0.1) is 0 Å². The van der Waals surface area contributed by atoms with Crippen LogP contribution in [0.5, 0.6) is 0 Å². The van der Waals surface area contributed by atoms with Crippen LogP contribution in [0.15, 0.2) is 0 Å². The van der Waals surface area contributed by atoms with Gasteiger partial charge in [0.05, 0.1) is 0 Å². The average molecular weight is 138 g/mol. The Balaban J connectivity index is 0. The van der Waals surface area contributed by atoms with E-state index in [4.69, 9.17) is 0 Å². The van der Waals surface area contributed by atoms with E-state index in [9.17, 15) is 4.79 Å². The summed E-state index contributed by atoms with van der Waals surface area (Å²) in [5, 5.41) is 2.88. The molecule has 0 radical (unpaired) electrons. The van der Waals surface area contributed by atoms with E-state index in [1.807, 2.05) is 7.05 Å². The van der Waals surface area contributed by atoms with Crippen molar-refractivity contribution in [1.82, 2.24) is 5.32 Å². The lowest BCUT2D eigenvalue weighted by Crippen LogP contribution is -2.10. The first-order chi connectivity index (χ1) is 3.27. The van der Waals surface area contributed by atoms with Crippen LogP contribution < -0.4 is 5.32 Å². The van der Waals surface area contributed by atoms with Crippen molar-refractivity contribution >= 4 is 18.2 Å². The van der Waals surface area contributed by atoms with Crippen molar-refractivity contribution in [1.29, 1.82) is 0 Å². The molecule has 0 amide bonds. The largest absolute Gasteiger partial charge is 0.319 e. The number of carbonyl (C=O) groups excluding carboxylic acids is 1. The zero-order chi connectivity index (χ0) is 5.70. The predicted octanol–water partition coefficient (Wildman–Crippen LogP) is 0.607. The maximum absolute atomic E-state index is 10.2. The van der Waals surface area contributed by atoms with E-state index in [2.05, 4.69) is 5.32 Å². The molecule has 0 aliphatic rings. The monoisotopic (exact) mass is 137 g/mol. The van der Waals surface area contributed by atoms with Crippen LogP contribution in [0.2, 0.25) is 0 Å². The Morgan fingerprint density at radius 2 is 2.12 bits per heavy atom. The van der Waals surface area contributed by atoms with Crippen LogP contribution in [0.3, 0.4) is 0 Å². The summed E-state index contributed by atoms with van der Waals surface area (Å²) in [6, 6.07) is 0. The summed E-state index contributed by atoms with van der Waals surface area (Å²) in [6.07, 6.45) is 0.649. The van der Waals surface area contributed by atoms with E-state index < -0.39 is 0 Å². The summed E-state index contributed by atoms with van der Waals surface area (Å²) in [6.45, 7) is 2.40. The van der Waals surface area contributed by atoms with Gasteiger partial charge >= 0.3 is 0 Å². The van der Waals surface area contributed by atoms with E-state index in [0.29, 0.717) is 6.42 Å². The van der Waals surface area contributed by atoms with Crippen molar-refractivity contribution in [2.75, 3.05) is 13.6 Å². The minimum absolute atomic E-state index is 0. The van der Waals surface area contributed by atoms with Gasteiger partial charge in [-0.05, 0) is 14.0 Å². The topological polar surface area (TPSA) is 29.1 Å². The molecule has 0 rings (SSSR count). The third kappa shape index (κ3) is 9.33. The first-order valence-corrected chi connectivity index (χ1v) is 2.41. The maximum atomic E-state index is 10.2. The van der Waals surface area contributed by atoms with Gasteiger partial charge in [-0.1, -0.05) is 0 Å². The highest BCUT2D eigenvalue weighted by Crippen LogP contribution is 1.74. The first-order valence-electron chi connectivity index (χ1n) is 2.41. The van der Waals surface area contributed by atoms with Crippen molar-refractivity contribution in [3.63, 3.8) is 0 Å². The number of Topliss-reactive ketones (excluding diaryl/α,β-unsaturated/α-hetero) is 1. The smallest absolute Gasteiger partial charge is 0.131 e. The number of hydrogen-bond donors (Lipinski definition) is 1. The lowest BCUT2D eigenvalue weighted by atomic mass is 10.3. The molecule has 0 saturated heterocycles. The van der Waals surface area contributed by atoms with Gasteiger partial charge in [0.25, 0.3) is 0 Å². The van der Waals surface area contributed by atoms with E-state index in [0.717, 1.165) is 6.54 Å². The van der Waals surface area contributed by atoms with Crippen LogP contribution in [-0.2, 0) is 4.79 Å². The number of ketones is 1. The van der Waals surface area contributed by atoms with Gasteiger partial charge in [0.15, 0.2) is 0 Å². The Kier molecular flexibility index (Phi) is 9.36. The molecule has 0 heterocycles. The van der Waals surface area contributed by atoms with Gasteiger partial charge in [0.2, 0.25) is 0 Å². The Hall–Kier alpha value is -0.0800. The normalized spacial score (nSPS) is 7.75. The molecule has 2 nitrogen and oxygen atoms in total. The molecule has 0 bridgehead atoms. The van der Waals surface area contributed by atoms with Gasteiger partial charge in [0.1, 0.15) is 5.78 Å². The zero-order valence-electron chi connectivity index (χ0n) is 5.23. The van der Waals surface area contributed by atoms with Crippen molar-refractivity contribution in [3.05, 3.63) is 0 Å². The molecule has 8 heavy (non-hydrogen) atoms. The summed E-state index contributed by atoms with van der Waals surface area (Å²) >= 11 is 0. The van der Waals surface area contributed by atoms with E-state index in [-0.39, 0.29) is 18.2 Å². The minimum Gasteiger partial charge on any atom is -0.319 e. The molecule has 0 aliphatic carbocycles. The third-order valence-corrected chi connectivity index (χ3v) is 0.727. The second kappa shape index (κ2) is 6.92. The molecule has 0 unspecified atom stereocenters. The number of carbonyl (C=O) groups is 1. The number of halogens is 1. The van der Waals surface area contributed by atoms with E-state index >= 15 is 0 Å².